The number of aryl methyl sites for hydroxylation is 1. The van der Waals surface area contributed by atoms with Crippen LogP contribution in [-0.2, 0) is 12.1 Å². The number of carbonyl (C=O) groups is 1. The maximum Gasteiger partial charge on any atom is 0.275 e. The van der Waals surface area contributed by atoms with Crippen LogP contribution in [0.5, 0.6) is 0 Å². The number of anilines is 1. The molecule has 0 spiro atoms. The molecular weight excluding hydrogens is 481 g/mol. The van der Waals surface area contributed by atoms with Gasteiger partial charge >= 0.3 is 0 Å². The Morgan fingerprint density at radius 1 is 1.30 bits per heavy atom. The highest BCUT2D eigenvalue weighted by molar-refractivity contribution is 6.06. The summed E-state index contributed by atoms with van der Waals surface area (Å²) < 4.78 is 44.6. The third-order valence-electron chi connectivity index (χ3n) is 6.46. The number of aromatic nitrogens is 1. The van der Waals surface area contributed by atoms with Crippen molar-refractivity contribution in [1.29, 1.82) is 0 Å². The fourth-order valence-electron chi connectivity index (χ4n) is 4.63. The summed E-state index contributed by atoms with van der Waals surface area (Å²) in [5.74, 6) is 5.15. The van der Waals surface area contributed by atoms with E-state index in [0.29, 0.717) is 28.9 Å². The van der Waals surface area contributed by atoms with E-state index in [9.17, 15) is 23.1 Å². The molecule has 1 aromatic heterocycles. The molecule has 1 unspecified atom stereocenters. The normalized spacial score (nSPS) is 15.2. The maximum absolute atomic E-state index is 14.7. The lowest BCUT2D eigenvalue weighted by molar-refractivity contribution is -0.0709. The molecule has 0 aliphatic heterocycles. The molecule has 1 atom stereocenters. The molecule has 192 valence electrons. The van der Waals surface area contributed by atoms with E-state index >= 15 is 0 Å². The maximum atomic E-state index is 14.7. The van der Waals surface area contributed by atoms with Crippen molar-refractivity contribution in [2.75, 3.05) is 5.01 Å². The van der Waals surface area contributed by atoms with E-state index in [2.05, 4.69) is 6.58 Å². The summed E-state index contributed by atoms with van der Waals surface area (Å²) in [4.78, 5) is 12.1. The summed E-state index contributed by atoms with van der Waals surface area (Å²) in [6.45, 7) is 5.58. The SMILES string of the molecule is C=CCn1cc(C(O)(c2ccc(N(N)C3=CC=C(F)C=CC3)c(C)c2)C(F)F)c2cccc(C(N)=O)c21. The zero-order valence-corrected chi connectivity index (χ0v) is 20.2. The van der Waals surface area contributed by atoms with Gasteiger partial charge in [0.25, 0.3) is 12.3 Å². The van der Waals surface area contributed by atoms with Crippen LogP contribution in [0.2, 0.25) is 0 Å². The number of nitrogens with zero attached hydrogens (tertiary/aromatic N) is 2. The topological polar surface area (TPSA) is 97.5 Å². The zero-order chi connectivity index (χ0) is 26.9. The molecule has 1 amide bonds. The van der Waals surface area contributed by atoms with Crippen molar-refractivity contribution in [2.45, 2.75) is 31.9 Å². The van der Waals surface area contributed by atoms with Gasteiger partial charge in [-0.2, -0.15) is 0 Å². The molecule has 0 saturated heterocycles. The van der Waals surface area contributed by atoms with Gasteiger partial charge in [-0.05, 0) is 48.4 Å². The first-order valence-electron chi connectivity index (χ1n) is 11.5. The number of carbonyl (C=O) groups excluding carboxylic acids is 1. The van der Waals surface area contributed by atoms with Crippen molar-refractivity contribution in [3.8, 4) is 0 Å². The number of hydrogen-bond acceptors (Lipinski definition) is 4. The van der Waals surface area contributed by atoms with Crippen molar-refractivity contribution in [1.82, 2.24) is 4.57 Å². The fourth-order valence-corrected chi connectivity index (χ4v) is 4.63. The van der Waals surface area contributed by atoms with Crippen LogP contribution in [0.3, 0.4) is 0 Å². The summed E-state index contributed by atoms with van der Waals surface area (Å²) in [6, 6.07) is 8.95. The predicted octanol–water partition coefficient (Wildman–Crippen LogP) is 5.11. The quantitative estimate of drug-likeness (QED) is 0.224. The van der Waals surface area contributed by atoms with Gasteiger partial charge in [0.2, 0.25) is 0 Å². The number of benzene rings is 2. The molecule has 0 radical (unpaired) electrons. The molecule has 1 aliphatic carbocycles. The minimum atomic E-state index is -3.21. The Balaban J connectivity index is 1.85. The van der Waals surface area contributed by atoms with Crippen LogP contribution in [-0.4, -0.2) is 22.0 Å². The molecule has 1 aliphatic rings. The van der Waals surface area contributed by atoms with Gasteiger partial charge in [0.15, 0.2) is 5.60 Å². The lowest BCUT2D eigenvalue weighted by Gasteiger charge is -2.30. The number of fused-ring (bicyclic) bond motifs is 1. The number of rotatable bonds is 8. The first-order valence-corrected chi connectivity index (χ1v) is 11.5. The number of aliphatic hydroxyl groups is 1. The molecule has 3 aromatic rings. The number of allylic oxidation sites excluding steroid dienone is 6. The largest absolute Gasteiger partial charge is 0.375 e. The smallest absolute Gasteiger partial charge is 0.275 e. The van der Waals surface area contributed by atoms with Gasteiger partial charge in [-0.3, -0.25) is 9.80 Å². The Morgan fingerprint density at radius 2 is 2.05 bits per heavy atom. The number of halogens is 3. The summed E-state index contributed by atoms with van der Waals surface area (Å²) in [5, 5.41) is 13.2. The van der Waals surface area contributed by atoms with Crippen LogP contribution in [0, 0.1) is 6.92 Å². The van der Waals surface area contributed by atoms with Gasteiger partial charge in [-0.1, -0.05) is 36.4 Å². The van der Waals surface area contributed by atoms with Crippen molar-refractivity contribution < 1.29 is 23.1 Å². The van der Waals surface area contributed by atoms with Gasteiger partial charge in [-0.25, -0.2) is 19.0 Å². The summed E-state index contributed by atoms with van der Waals surface area (Å²) in [6.07, 6.45) is 5.90. The standard InChI is InChI=1S/C28H27F3N4O2/c1-3-14-34-16-23(21-8-5-9-22(25(21)34)26(32)36)28(37,27(30)31)18-10-13-24(17(2)15-18)35(33)20-7-4-6-19(29)11-12-20/h3-6,8-13,15-16,27,37H,1,7,14,33H2,2H3,(H2,32,36). The highest BCUT2D eigenvalue weighted by Gasteiger charge is 2.44. The van der Waals surface area contributed by atoms with E-state index in [1.807, 2.05) is 0 Å². The Morgan fingerprint density at radius 3 is 2.70 bits per heavy atom. The monoisotopic (exact) mass is 508 g/mol. The Labute approximate surface area is 212 Å². The molecule has 9 heteroatoms. The van der Waals surface area contributed by atoms with Gasteiger partial charge in [0.05, 0.1) is 16.8 Å². The second kappa shape index (κ2) is 10.1. The summed E-state index contributed by atoms with van der Waals surface area (Å²) in [7, 11) is 0. The average Bonchev–Trinajstić information content (AvgIpc) is 3.09. The van der Waals surface area contributed by atoms with E-state index in [4.69, 9.17) is 11.6 Å². The van der Waals surface area contributed by atoms with Crippen LogP contribution in [0.4, 0.5) is 18.9 Å². The van der Waals surface area contributed by atoms with E-state index in [-0.39, 0.29) is 28.6 Å². The molecule has 5 N–H and O–H groups in total. The van der Waals surface area contributed by atoms with Crippen LogP contribution in [0.15, 0.2) is 91.1 Å². The van der Waals surface area contributed by atoms with Crippen molar-refractivity contribution in [3.05, 3.63) is 113 Å². The molecule has 6 nitrogen and oxygen atoms in total. The predicted molar refractivity (Wildman–Crippen MR) is 139 cm³/mol. The molecule has 37 heavy (non-hydrogen) atoms. The van der Waals surface area contributed by atoms with Crippen molar-refractivity contribution in [3.63, 3.8) is 0 Å². The van der Waals surface area contributed by atoms with E-state index in [0.717, 1.165) is 0 Å². The molecule has 0 bridgehead atoms. The molecule has 0 saturated carbocycles. The number of primary amides is 1. The van der Waals surface area contributed by atoms with Gasteiger partial charge in [-0.15, -0.1) is 6.58 Å². The first kappa shape index (κ1) is 26.0. The first-order chi connectivity index (χ1) is 17.6. The number of nitrogens with two attached hydrogens (primary N) is 2. The Hall–Kier alpha value is -4.08. The van der Waals surface area contributed by atoms with E-state index < -0.39 is 23.8 Å². The van der Waals surface area contributed by atoms with E-state index in [1.54, 1.807) is 35.8 Å². The minimum absolute atomic E-state index is 0.0556. The molecular formula is C28H27F3N4O2. The van der Waals surface area contributed by atoms with Crippen LogP contribution in [0.25, 0.3) is 10.9 Å². The Kier molecular flexibility index (Phi) is 7.11. The van der Waals surface area contributed by atoms with Gasteiger partial charge < -0.3 is 15.4 Å². The Bertz CT molecular complexity index is 1470. The molecule has 4 rings (SSSR count). The van der Waals surface area contributed by atoms with Crippen molar-refractivity contribution in [2.24, 2.45) is 11.6 Å². The minimum Gasteiger partial charge on any atom is -0.375 e. The number of hydrazine groups is 1. The zero-order valence-electron chi connectivity index (χ0n) is 20.2. The fraction of sp³-hybridized carbons (Fsp3) is 0.179. The van der Waals surface area contributed by atoms with Crippen LogP contribution >= 0.6 is 0 Å². The molecule has 2 aromatic carbocycles. The number of amides is 1. The van der Waals surface area contributed by atoms with Crippen molar-refractivity contribution >= 4 is 22.5 Å². The van der Waals surface area contributed by atoms with Crippen LogP contribution in [0.1, 0.15) is 33.5 Å². The summed E-state index contributed by atoms with van der Waals surface area (Å²) >= 11 is 0. The second-order valence-corrected chi connectivity index (χ2v) is 8.80. The van der Waals surface area contributed by atoms with Gasteiger partial charge in [0, 0.05) is 35.8 Å². The highest BCUT2D eigenvalue weighted by Crippen LogP contribution is 2.42. The average molecular weight is 509 g/mol. The molecule has 1 heterocycles. The number of hydrogen-bond donors (Lipinski definition) is 3. The lowest BCUT2D eigenvalue weighted by Crippen LogP contribution is -2.36. The molecule has 0 fully saturated rings. The van der Waals surface area contributed by atoms with Gasteiger partial charge in [0.1, 0.15) is 5.83 Å². The third-order valence-corrected chi connectivity index (χ3v) is 6.46. The van der Waals surface area contributed by atoms with Crippen LogP contribution < -0.4 is 16.6 Å². The van der Waals surface area contributed by atoms with E-state index in [1.165, 1.54) is 53.7 Å². The second-order valence-electron chi connectivity index (χ2n) is 8.80. The summed E-state index contributed by atoms with van der Waals surface area (Å²) in [5.41, 5.74) is 4.79. The lowest BCUT2D eigenvalue weighted by atomic mass is 9.85. The third kappa shape index (κ3) is 4.59. The highest BCUT2D eigenvalue weighted by atomic mass is 19.3. The number of alkyl halides is 2. The number of para-hydroxylation sites is 1.